The van der Waals surface area contributed by atoms with Gasteiger partial charge in [-0.1, -0.05) is 75.4 Å². The van der Waals surface area contributed by atoms with Crippen LogP contribution in [0, 0.1) is 11.7 Å². The van der Waals surface area contributed by atoms with Crippen molar-refractivity contribution in [1.29, 1.82) is 0 Å². The van der Waals surface area contributed by atoms with Gasteiger partial charge in [-0.25, -0.2) is 17.5 Å². The molecular weight excluding hydrogens is 517 g/mol. The Balaban J connectivity index is 1.88. The van der Waals surface area contributed by atoms with Crippen LogP contribution in [0.25, 0.3) is 0 Å². The van der Waals surface area contributed by atoms with Gasteiger partial charge in [0.1, 0.15) is 11.9 Å². The van der Waals surface area contributed by atoms with Gasteiger partial charge in [0.25, 0.3) is 0 Å². The molecule has 0 saturated carbocycles. The third-order valence-corrected chi connectivity index (χ3v) is 7.70. The Labute approximate surface area is 230 Å². The number of carbonyl (C=O) groups is 2. The molecule has 0 radical (unpaired) electrons. The molecule has 1 unspecified atom stereocenters. The highest BCUT2D eigenvalue weighted by Crippen LogP contribution is 2.25. The van der Waals surface area contributed by atoms with Crippen LogP contribution in [-0.4, -0.2) is 38.2 Å². The molecule has 0 saturated heterocycles. The van der Waals surface area contributed by atoms with E-state index in [0.29, 0.717) is 24.1 Å². The normalized spacial score (nSPS) is 12.2. The first-order valence-electron chi connectivity index (χ1n) is 13.1. The Morgan fingerprint density at radius 3 is 2.10 bits per heavy atom. The maximum atomic E-state index is 13.7. The first-order valence-corrected chi connectivity index (χ1v) is 14.5. The van der Waals surface area contributed by atoms with Gasteiger partial charge in [0.05, 0.1) is 4.90 Å². The molecule has 9 heteroatoms. The van der Waals surface area contributed by atoms with E-state index < -0.39 is 16.1 Å². The fourth-order valence-electron chi connectivity index (χ4n) is 4.12. The molecular formula is C30H36FN3O4S. The second-order valence-corrected chi connectivity index (χ2v) is 11.5. The van der Waals surface area contributed by atoms with Gasteiger partial charge in [-0.3, -0.25) is 9.59 Å². The first-order chi connectivity index (χ1) is 18.6. The van der Waals surface area contributed by atoms with Gasteiger partial charge in [-0.15, -0.1) is 0 Å². The Morgan fingerprint density at radius 2 is 1.51 bits per heavy atom. The summed E-state index contributed by atoms with van der Waals surface area (Å²) in [5, 5.41) is 2.96. The summed E-state index contributed by atoms with van der Waals surface area (Å²) in [5.74, 6) is -0.697. The van der Waals surface area contributed by atoms with Crippen LogP contribution in [0.15, 0.2) is 83.8 Å². The quantitative estimate of drug-likeness (QED) is 0.324. The molecule has 3 aromatic rings. The molecule has 0 aliphatic carbocycles. The summed E-state index contributed by atoms with van der Waals surface area (Å²) in [6, 6.07) is 20.5. The molecule has 0 aromatic heterocycles. The number of sulfonamides is 1. The van der Waals surface area contributed by atoms with Crippen LogP contribution in [0.4, 0.5) is 4.39 Å². The summed E-state index contributed by atoms with van der Waals surface area (Å²) in [5.41, 5.74) is 2.16. The number of benzene rings is 3. The molecule has 2 N–H and O–H groups in total. The molecule has 3 aromatic carbocycles. The maximum Gasteiger partial charge on any atom is 0.247 e. The number of amides is 2. The highest BCUT2D eigenvalue weighted by atomic mass is 32.2. The Morgan fingerprint density at radius 1 is 0.897 bits per heavy atom. The van der Waals surface area contributed by atoms with Crippen LogP contribution in [0.5, 0.6) is 0 Å². The van der Waals surface area contributed by atoms with E-state index in [2.05, 4.69) is 10.0 Å². The number of carbonyl (C=O) groups excluding carboxylic acids is 2. The predicted molar refractivity (Wildman–Crippen MR) is 150 cm³/mol. The maximum absolute atomic E-state index is 13.7. The zero-order valence-electron chi connectivity index (χ0n) is 22.6. The van der Waals surface area contributed by atoms with Gasteiger partial charge in [0.2, 0.25) is 21.8 Å². The van der Waals surface area contributed by atoms with E-state index >= 15 is 0 Å². The zero-order chi connectivity index (χ0) is 28.4. The van der Waals surface area contributed by atoms with Gasteiger partial charge >= 0.3 is 0 Å². The van der Waals surface area contributed by atoms with Crippen molar-refractivity contribution < 1.29 is 22.4 Å². The largest absolute Gasteiger partial charge is 0.354 e. The molecule has 2 amide bonds. The van der Waals surface area contributed by atoms with Gasteiger partial charge in [-0.2, -0.15) is 0 Å². The molecule has 0 aliphatic heterocycles. The number of nitrogens with one attached hydrogen (secondary N) is 2. The van der Waals surface area contributed by atoms with E-state index in [9.17, 15) is 22.4 Å². The van der Waals surface area contributed by atoms with Crippen molar-refractivity contribution in [3.63, 3.8) is 0 Å². The minimum absolute atomic E-state index is 0.0985. The molecule has 0 fully saturated rings. The number of hydrogen-bond acceptors (Lipinski definition) is 4. The summed E-state index contributed by atoms with van der Waals surface area (Å²) in [4.78, 5) is 28.9. The third-order valence-electron chi connectivity index (χ3n) is 6.14. The lowest BCUT2D eigenvalue weighted by molar-refractivity contribution is -0.141. The highest BCUT2D eigenvalue weighted by molar-refractivity contribution is 7.89. The summed E-state index contributed by atoms with van der Waals surface area (Å²) < 4.78 is 40.5. The van der Waals surface area contributed by atoms with E-state index in [1.807, 2.05) is 44.2 Å². The second kappa shape index (κ2) is 14.0. The molecule has 3 rings (SSSR count). The van der Waals surface area contributed by atoms with Crippen LogP contribution in [0.1, 0.15) is 49.9 Å². The molecule has 0 heterocycles. The smallest absolute Gasteiger partial charge is 0.247 e. The van der Waals surface area contributed by atoms with Crippen molar-refractivity contribution in [1.82, 2.24) is 14.9 Å². The van der Waals surface area contributed by atoms with Crippen molar-refractivity contribution >= 4 is 21.8 Å². The standard InChI is InChI=1S/C30H36FN3O4S/c1-4-33-39(37,38)27-17-12-23(13-18-27)14-19-28(35)34(21-24-10-15-26(31)16-11-24)29(25-8-6-5-7-9-25)30(36)32-20-22(2)3/h5-13,15-18,22,29,33H,4,14,19-21H2,1-3H3,(H,32,36). The average molecular weight is 554 g/mol. The average Bonchev–Trinajstić information content (AvgIpc) is 2.92. The Bertz CT molecular complexity index is 1330. The lowest BCUT2D eigenvalue weighted by atomic mass is 10.0. The lowest BCUT2D eigenvalue weighted by Gasteiger charge is -2.32. The number of nitrogens with zero attached hydrogens (tertiary/aromatic N) is 1. The number of rotatable bonds is 13. The van der Waals surface area contributed by atoms with Crippen LogP contribution >= 0.6 is 0 Å². The molecule has 39 heavy (non-hydrogen) atoms. The monoisotopic (exact) mass is 553 g/mol. The summed E-state index contributed by atoms with van der Waals surface area (Å²) >= 11 is 0. The Hall–Kier alpha value is -3.56. The third kappa shape index (κ3) is 8.73. The van der Waals surface area contributed by atoms with E-state index in [-0.39, 0.29) is 48.0 Å². The fraction of sp³-hybridized carbons (Fsp3) is 0.333. The SMILES string of the molecule is CCNS(=O)(=O)c1ccc(CCC(=O)N(Cc2ccc(F)cc2)C(C(=O)NCC(C)C)c2ccccc2)cc1. The summed E-state index contributed by atoms with van der Waals surface area (Å²) in [7, 11) is -3.57. The van der Waals surface area contributed by atoms with E-state index in [0.717, 1.165) is 5.56 Å². The van der Waals surface area contributed by atoms with Gasteiger partial charge in [-0.05, 0) is 53.3 Å². The van der Waals surface area contributed by atoms with E-state index in [1.165, 1.54) is 29.2 Å². The summed E-state index contributed by atoms with van der Waals surface area (Å²) in [6.45, 7) is 6.56. The van der Waals surface area contributed by atoms with Crippen molar-refractivity contribution in [2.45, 2.75) is 51.1 Å². The molecule has 7 nitrogen and oxygen atoms in total. The van der Waals surface area contributed by atoms with Gasteiger partial charge < -0.3 is 10.2 Å². The van der Waals surface area contributed by atoms with Crippen molar-refractivity contribution in [3.05, 3.63) is 101 Å². The molecule has 0 aliphatic rings. The van der Waals surface area contributed by atoms with E-state index in [4.69, 9.17) is 0 Å². The minimum atomic E-state index is -3.57. The highest BCUT2D eigenvalue weighted by Gasteiger charge is 2.31. The van der Waals surface area contributed by atoms with E-state index in [1.54, 1.807) is 31.2 Å². The van der Waals surface area contributed by atoms with Crippen molar-refractivity contribution in [2.75, 3.05) is 13.1 Å². The van der Waals surface area contributed by atoms with Crippen LogP contribution < -0.4 is 10.0 Å². The fourth-order valence-corrected chi connectivity index (χ4v) is 5.16. The van der Waals surface area contributed by atoms with Crippen molar-refractivity contribution in [2.24, 2.45) is 5.92 Å². The van der Waals surface area contributed by atoms with Crippen LogP contribution in [-0.2, 0) is 32.6 Å². The number of halogens is 1. The molecule has 1 atom stereocenters. The van der Waals surface area contributed by atoms with Crippen molar-refractivity contribution in [3.8, 4) is 0 Å². The van der Waals surface area contributed by atoms with Crippen LogP contribution in [0.2, 0.25) is 0 Å². The van der Waals surface area contributed by atoms with Gasteiger partial charge in [0, 0.05) is 26.1 Å². The van der Waals surface area contributed by atoms with Crippen LogP contribution in [0.3, 0.4) is 0 Å². The minimum Gasteiger partial charge on any atom is -0.354 e. The topological polar surface area (TPSA) is 95.6 Å². The molecule has 0 bridgehead atoms. The second-order valence-electron chi connectivity index (χ2n) is 9.75. The summed E-state index contributed by atoms with van der Waals surface area (Å²) in [6.07, 6.45) is 0.455. The zero-order valence-corrected chi connectivity index (χ0v) is 23.4. The first kappa shape index (κ1) is 30.0. The predicted octanol–water partition coefficient (Wildman–Crippen LogP) is 4.60. The Kier molecular flexibility index (Phi) is 10.8. The number of aryl methyl sites for hydroxylation is 1. The lowest BCUT2D eigenvalue weighted by Crippen LogP contribution is -2.44. The number of hydrogen-bond donors (Lipinski definition) is 2. The molecule has 0 spiro atoms. The van der Waals surface area contributed by atoms with Gasteiger partial charge in [0.15, 0.2) is 0 Å². The molecule has 208 valence electrons.